The van der Waals surface area contributed by atoms with Crippen LogP contribution in [0.2, 0.25) is 0 Å². The van der Waals surface area contributed by atoms with E-state index in [9.17, 15) is 24.3 Å². The van der Waals surface area contributed by atoms with Crippen LogP contribution >= 0.6 is 6.89 Å². The Labute approximate surface area is 302 Å². The molecule has 3 unspecified atom stereocenters. The van der Waals surface area contributed by atoms with Gasteiger partial charge in [0.15, 0.2) is 5.78 Å². The highest BCUT2D eigenvalue weighted by Crippen LogP contribution is 2.50. The summed E-state index contributed by atoms with van der Waals surface area (Å²) in [6, 6.07) is 37.3. The van der Waals surface area contributed by atoms with Gasteiger partial charge in [0, 0.05) is 42.5 Å². The number of anilines is 1. The average Bonchev–Trinajstić information content (AvgIpc) is 3.18. The number of aromatic nitrogens is 1. The number of nitrogens with one attached hydrogen (secondary N) is 1. The molecule has 1 aliphatic rings. The van der Waals surface area contributed by atoms with Crippen LogP contribution in [-0.4, -0.2) is 62.7 Å². The van der Waals surface area contributed by atoms with E-state index in [4.69, 9.17) is 4.74 Å². The number of benzene rings is 4. The zero-order valence-corrected chi connectivity index (χ0v) is 29.4. The number of pyridine rings is 1. The van der Waals surface area contributed by atoms with Gasteiger partial charge in [0.1, 0.15) is 12.0 Å². The summed E-state index contributed by atoms with van der Waals surface area (Å²) in [5.74, 6) is -2.97. The molecule has 52 heavy (non-hydrogen) atoms. The molecule has 0 saturated carbocycles. The summed E-state index contributed by atoms with van der Waals surface area (Å²) >= 11 is 0. The molecule has 10 heteroatoms. The minimum absolute atomic E-state index is 0.100. The third-order valence-corrected chi connectivity index (χ3v) is 13.3. The van der Waals surface area contributed by atoms with Gasteiger partial charge in [0.25, 0.3) is 5.91 Å². The molecular weight excluding hydrogens is 673 g/mol. The maximum Gasteiger partial charge on any atom is 0.356 e. The molecule has 1 aromatic heterocycles. The number of β-lactam (4-membered cyclic amide) rings is 1. The maximum atomic E-state index is 14.6. The molecule has 2 N–H and O–H groups in total. The Hall–Kier alpha value is -5.89. The van der Waals surface area contributed by atoms with Crippen molar-refractivity contribution < 1.29 is 29.0 Å². The summed E-state index contributed by atoms with van der Waals surface area (Å²) in [7, 11) is 0. The Bertz CT molecular complexity index is 2040. The van der Waals surface area contributed by atoms with E-state index >= 15 is 0 Å². The van der Waals surface area contributed by atoms with E-state index in [1.54, 1.807) is 42.7 Å². The minimum Gasteiger partial charge on any atom is -0.457 e. The van der Waals surface area contributed by atoms with Crippen molar-refractivity contribution in [2.45, 2.75) is 25.5 Å². The van der Waals surface area contributed by atoms with E-state index < -0.39 is 42.7 Å². The summed E-state index contributed by atoms with van der Waals surface area (Å²) in [5.41, 5.74) is 1.16. The number of carbonyl (C=O) groups excluding carboxylic acids is 4. The smallest absolute Gasteiger partial charge is 0.356 e. The summed E-state index contributed by atoms with van der Waals surface area (Å²) < 4.78 is 5.80. The van der Waals surface area contributed by atoms with Gasteiger partial charge in [-0.1, -0.05) is 116 Å². The summed E-state index contributed by atoms with van der Waals surface area (Å²) in [6.45, 7) is 1.90. The molecule has 0 spiro atoms. The van der Waals surface area contributed by atoms with Crippen LogP contribution in [0.3, 0.4) is 0 Å². The zero-order valence-electron chi connectivity index (χ0n) is 28.5. The fourth-order valence-electron chi connectivity index (χ4n) is 6.72. The number of ether oxygens (including phenoxy) is 1. The predicted molar refractivity (Wildman–Crippen MR) is 205 cm³/mol. The molecule has 0 aliphatic carbocycles. The fourth-order valence-corrected chi connectivity index (χ4v) is 11.1. The van der Waals surface area contributed by atoms with Gasteiger partial charge in [0.05, 0.1) is 18.1 Å². The molecule has 0 radical (unpaired) electrons. The van der Waals surface area contributed by atoms with Gasteiger partial charge in [-0.3, -0.25) is 19.4 Å². The van der Waals surface area contributed by atoms with Crippen LogP contribution in [0, 0.1) is 5.92 Å². The van der Waals surface area contributed by atoms with Crippen molar-refractivity contribution in [2.75, 3.05) is 11.9 Å². The Morgan fingerprint density at radius 1 is 0.846 bits per heavy atom. The second-order valence-corrected chi connectivity index (χ2v) is 15.6. The van der Waals surface area contributed by atoms with E-state index in [-0.39, 0.29) is 35.4 Å². The highest BCUT2D eigenvalue weighted by Gasteiger charge is 2.55. The lowest BCUT2D eigenvalue weighted by molar-refractivity contribution is -0.157. The first-order valence-electron chi connectivity index (χ1n) is 16.8. The van der Waals surface area contributed by atoms with E-state index in [1.165, 1.54) is 24.0 Å². The van der Waals surface area contributed by atoms with Crippen molar-refractivity contribution >= 4 is 57.5 Å². The molecule has 1 saturated heterocycles. The Morgan fingerprint density at radius 3 is 1.90 bits per heavy atom. The number of likely N-dealkylation sites (tertiary alicyclic amines) is 1. The first-order chi connectivity index (χ1) is 25.3. The quantitative estimate of drug-likeness (QED) is 0.0581. The molecule has 1 fully saturated rings. The number of aliphatic hydroxyl groups is 1. The van der Waals surface area contributed by atoms with Crippen molar-refractivity contribution in [3.8, 4) is 0 Å². The topological polar surface area (TPSA) is 126 Å². The molecule has 1 aliphatic heterocycles. The SMILES string of the molecule is C=CCOC(=O)C(N1C(=O)C(C(C)O)C1CC(=O)c1cccc(C(=O)Nc2ccncc2)c1)=P(c1ccccc1)(c1ccccc1)c1ccccc1. The van der Waals surface area contributed by atoms with Gasteiger partial charge in [-0.25, -0.2) is 4.79 Å². The second-order valence-electron chi connectivity index (χ2n) is 12.3. The normalized spacial score (nSPS) is 15.9. The number of nitrogens with zero attached hydrogens (tertiary/aromatic N) is 2. The first-order valence-corrected chi connectivity index (χ1v) is 18.6. The molecule has 9 nitrogen and oxygen atoms in total. The number of ketones is 1. The fraction of sp³-hybridized carbons (Fsp3) is 0.143. The van der Waals surface area contributed by atoms with Gasteiger partial charge in [-0.15, -0.1) is 0 Å². The molecule has 4 aromatic carbocycles. The number of aliphatic hydroxyl groups excluding tert-OH is 1. The Morgan fingerprint density at radius 2 is 1.38 bits per heavy atom. The van der Waals surface area contributed by atoms with Crippen LogP contribution < -0.4 is 21.2 Å². The standard InChI is InChI=1S/C42H38N3O6P/c1-3-26-51-42(50)41(52(33-16-7-4-8-17-33,34-18-9-5-10-19-34)35-20-11-6-12-21-35)45-36(38(29(2)46)40(45)49)28-37(47)30-14-13-15-31(27-30)39(48)44-32-22-24-43-25-23-32/h3-25,27,29,36,38,46H,1,26,28H2,2H3,(H,43,44,48). The molecule has 6 rings (SSSR count). The van der Waals surface area contributed by atoms with Gasteiger partial charge < -0.3 is 20.1 Å². The molecule has 262 valence electrons. The highest BCUT2D eigenvalue weighted by atomic mass is 31.2. The number of hydrogen-bond donors (Lipinski definition) is 2. The maximum absolute atomic E-state index is 14.6. The molecule has 3 atom stereocenters. The number of Topliss-reactive ketones (excluding diaryl/α,β-unsaturated/α-hetero) is 1. The van der Waals surface area contributed by atoms with Gasteiger partial charge in [-0.05, 0) is 47.1 Å². The molecule has 2 heterocycles. The van der Waals surface area contributed by atoms with Crippen LogP contribution in [0.4, 0.5) is 5.69 Å². The summed E-state index contributed by atoms with van der Waals surface area (Å²) in [6.07, 6.45) is 3.22. The lowest BCUT2D eigenvalue weighted by Crippen LogP contribution is -2.68. The molecular formula is C42H38N3O6P. The van der Waals surface area contributed by atoms with Crippen LogP contribution in [0.5, 0.6) is 0 Å². The van der Waals surface area contributed by atoms with Crippen molar-refractivity contribution in [3.05, 3.63) is 164 Å². The lowest BCUT2D eigenvalue weighted by atomic mass is 9.79. The van der Waals surface area contributed by atoms with Crippen molar-refractivity contribution in [1.29, 1.82) is 0 Å². The minimum atomic E-state index is -3.22. The Kier molecular flexibility index (Phi) is 11.0. The third kappa shape index (κ3) is 7.01. The van der Waals surface area contributed by atoms with Crippen molar-refractivity contribution in [2.24, 2.45) is 5.92 Å². The van der Waals surface area contributed by atoms with E-state index in [2.05, 4.69) is 16.9 Å². The molecule has 5 aromatic rings. The van der Waals surface area contributed by atoms with Crippen LogP contribution in [0.15, 0.2) is 152 Å². The lowest BCUT2D eigenvalue weighted by Gasteiger charge is -2.50. The number of rotatable bonds is 13. The number of esters is 1. The monoisotopic (exact) mass is 711 g/mol. The van der Waals surface area contributed by atoms with E-state index in [0.717, 1.165) is 15.9 Å². The van der Waals surface area contributed by atoms with Crippen LogP contribution in [-0.2, 0) is 14.3 Å². The summed E-state index contributed by atoms with van der Waals surface area (Å²) in [4.78, 5) is 61.6. The number of carbonyl (C=O) groups is 4. The van der Waals surface area contributed by atoms with E-state index in [0.29, 0.717) is 5.69 Å². The number of amides is 2. The highest BCUT2D eigenvalue weighted by molar-refractivity contribution is 7.96. The third-order valence-electron chi connectivity index (χ3n) is 9.06. The molecule has 2 amide bonds. The van der Waals surface area contributed by atoms with Crippen molar-refractivity contribution in [1.82, 2.24) is 9.88 Å². The predicted octanol–water partition coefficient (Wildman–Crippen LogP) is 4.97. The second kappa shape index (κ2) is 16.0. The average molecular weight is 712 g/mol. The van der Waals surface area contributed by atoms with Crippen LogP contribution in [0.25, 0.3) is 0 Å². The van der Waals surface area contributed by atoms with Crippen molar-refractivity contribution in [3.63, 3.8) is 0 Å². The molecule has 0 bridgehead atoms. The van der Waals surface area contributed by atoms with Crippen LogP contribution in [0.1, 0.15) is 34.1 Å². The van der Waals surface area contributed by atoms with Gasteiger partial charge >= 0.3 is 5.97 Å². The zero-order chi connectivity index (χ0) is 36.7. The summed E-state index contributed by atoms with van der Waals surface area (Å²) in [5, 5.41) is 16.1. The first kappa shape index (κ1) is 35.9. The largest absolute Gasteiger partial charge is 0.457 e. The number of hydrogen-bond acceptors (Lipinski definition) is 7. The van der Waals surface area contributed by atoms with E-state index in [1.807, 2.05) is 91.0 Å². The van der Waals surface area contributed by atoms with Gasteiger partial charge in [-0.2, -0.15) is 0 Å². The Balaban J connectivity index is 1.52. The van der Waals surface area contributed by atoms with Gasteiger partial charge in [0.2, 0.25) is 5.91 Å².